The van der Waals surface area contributed by atoms with Crippen molar-refractivity contribution in [3.05, 3.63) is 108 Å². The number of aliphatic carboxylic acids is 2. The number of carbonyl (C=O) groups excluding carboxylic acids is 1. The number of benzene rings is 2. The number of carbonyl (C=O) groups is 3. The maximum atomic E-state index is 13.6. The third-order valence-electron chi connectivity index (χ3n) is 6.65. The summed E-state index contributed by atoms with van der Waals surface area (Å²) in [5.74, 6) is -2.15. The van der Waals surface area contributed by atoms with Gasteiger partial charge in [0.05, 0.1) is 23.3 Å². The summed E-state index contributed by atoms with van der Waals surface area (Å²) in [6.45, 7) is 3.58. The van der Waals surface area contributed by atoms with E-state index in [1.165, 1.54) is 17.0 Å². The third-order valence-corrected chi connectivity index (χ3v) is 6.65. The standard InChI is InChI=1S/C28H22F3N7O.C5H8O4/c1-17-5-6-19(10-25(17)37-27-33-9-7-24(36-27)20-4-3-8-32-14-20)26(39)35-22-11-21(28(29,30)31)12-23(13-22)38-15-18(2)34-16-38;6-4(7)2-1-3-5(8)9/h3-16H,1-2H3,(H,35,39)(H,33,36,37);1-3H2,(H,6,7)(H,8,9). The van der Waals surface area contributed by atoms with Crippen LogP contribution in [0.3, 0.4) is 0 Å². The Balaban J connectivity index is 0.000000508. The predicted octanol–water partition coefficient (Wildman–Crippen LogP) is 6.68. The van der Waals surface area contributed by atoms with E-state index in [4.69, 9.17) is 10.2 Å². The first-order valence-corrected chi connectivity index (χ1v) is 14.4. The van der Waals surface area contributed by atoms with Gasteiger partial charge in [-0.3, -0.25) is 19.4 Å². The lowest BCUT2D eigenvalue weighted by Crippen LogP contribution is -2.14. The quantitative estimate of drug-likeness (QED) is 0.126. The maximum Gasteiger partial charge on any atom is 0.416 e. The van der Waals surface area contributed by atoms with Gasteiger partial charge in [0.25, 0.3) is 5.91 Å². The van der Waals surface area contributed by atoms with E-state index in [-0.39, 0.29) is 36.2 Å². The average molecular weight is 662 g/mol. The van der Waals surface area contributed by atoms with Crippen molar-refractivity contribution in [2.45, 2.75) is 39.3 Å². The Kier molecular flexibility index (Phi) is 11.2. The number of hydrogen-bond acceptors (Lipinski definition) is 8. The number of imidazole rings is 1. The number of aromatic nitrogens is 5. The molecular weight excluding hydrogens is 631 g/mol. The molecule has 1 amide bonds. The van der Waals surface area contributed by atoms with Gasteiger partial charge in [-0.05, 0) is 74.4 Å². The van der Waals surface area contributed by atoms with Crippen LogP contribution in [-0.2, 0) is 15.8 Å². The second kappa shape index (κ2) is 15.4. The molecule has 0 saturated heterocycles. The van der Waals surface area contributed by atoms with Crippen LogP contribution in [0.15, 0.2) is 85.7 Å². The molecular formula is C33H30F3N7O5. The highest BCUT2D eigenvalue weighted by molar-refractivity contribution is 6.05. The molecule has 2 aromatic carbocycles. The van der Waals surface area contributed by atoms with Crippen molar-refractivity contribution in [2.24, 2.45) is 0 Å². The number of carboxylic acids is 2. The van der Waals surface area contributed by atoms with Crippen molar-refractivity contribution in [3.8, 4) is 16.9 Å². The highest BCUT2D eigenvalue weighted by Gasteiger charge is 2.31. The van der Waals surface area contributed by atoms with Crippen molar-refractivity contribution in [2.75, 3.05) is 10.6 Å². The number of aryl methyl sites for hydroxylation is 2. The second-order valence-corrected chi connectivity index (χ2v) is 10.4. The Morgan fingerprint density at radius 3 is 2.29 bits per heavy atom. The molecule has 12 nitrogen and oxygen atoms in total. The van der Waals surface area contributed by atoms with Gasteiger partial charge in [-0.15, -0.1) is 0 Å². The molecule has 3 aromatic heterocycles. The maximum absolute atomic E-state index is 13.6. The van der Waals surface area contributed by atoms with E-state index < -0.39 is 29.6 Å². The first-order chi connectivity index (χ1) is 22.8. The number of nitrogens with one attached hydrogen (secondary N) is 2. The number of halogens is 3. The molecule has 0 atom stereocenters. The first kappa shape index (κ1) is 34.7. The molecule has 0 aliphatic carbocycles. The summed E-state index contributed by atoms with van der Waals surface area (Å²) in [6.07, 6.45) is 3.47. The van der Waals surface area contributed by atoms with Gasteiger partial charge in [0, 0.05) is 65.8 Å². The molecule has 0 radical (unpaired) electrons. The summed E-state index contributed by atoms with van der Waals surface area (Å²) in [5, 5.41) is 21.8. The smallest absolute Gasteiger partial charge is 0.416 e. The molecule has 3 heterocycles. The van der Waals surface area contributed by atoms with Gasteiger partial charge in [-0.25, -0.2) is 15.0 Å². The monoisotopic (exact) mass is 661 g/mol. The van der Waals surface area contributed by atoms with Crippen LogP contribution in [-0.4, -0.2) is 52.6 Å². The molecule has 0 fully saturated rings. The topological polar surface area (TPSA) is 172 Å². The van der Waals surface area contributed by atoms with E-state index in [1.807, 2.05) is 13.0 Å². The average Bonchev–Trinajstić information content (AvgIpc) is 3.48. The van der Waals surface area contributed by atoms with Crippen LogP contribution >= 0.6 is 0 Å². The highest BCUT2D eigenvalue weighted by Crippen LogP contribution is 2.33. The van der Waals surface area contributed by atoms with Crippen LogP contribution in [0.2, 0.25) is 0 Å². The Morgan fingerprint density at radius 2 is 1.67 bits per heavy atom. The lowest BCUT2D eigenvalue weighted by molar-refractivity contribution is -0.139. The molecule has 0 spiro atoms. The van der Waals surface area contributed by atoms with Gasteiger partial charge >= 0.3 is 18.1 Å². The molecule has 15 heteroatoms. The summed E-state index contributed by atoms with van der Waals surface area (Å²) in [6, 6.07) is 13.7. The number of amides is 1. The van der Waals surface area contributed by atoms with Crippen LogP contribution in [0, 0.1) is 13.8 Å². The zero-order valence-corrected chi connectivity index (χ0v) is 25.7. The van der Waals surface area contributed by atoms with Crippen LogP contribution in [0.1, 0.15) is 46.4 Å². The van der Waals surface area contributed by atoms with Crippen LogP contribution in [0.25, 0.3) is 16.9 Å². The largest absolute Gasteiger partial charge is 0.481 e. The summed E-state index contributed by atoms with van der Waals surface area (Å²) in [5.41, 5.74) is 3.09. The van der Waals surface area contributed by atoms with Crippen LogP contribution in [0.4, 0.5) is 30.5 Å². The predicted molar refractivity (Wildman–Crippen MR) is 170 cm³/mol. The molecule has 0 unspecified atom stereocenters. The molecule has 5 rings (SSSR count). The van der Waals surface area contributed by atoms with E-state index in [0.717, 1.165) is 23.3 Å². The highest BCUT2D eigenvalue weighted by atomic mass is 19.4. The fourth-order valence-electron chi connectivity index (χ4n) is 4.26. The van der Waals surface area contributed by atoms with E-state index in [2.05, 4.69) is 30.6 Å². The number of carboxylic acid groups (broad SMARTS) is 2. The van der Waals surface area contributed by atoms with Crippen molar-refractivity contribution in [3.63, 3.8) is 0 Å². The number of rotatable bonds is 10. The fourth-order valence-corrected chi connectivity index (χ4v) is 4.26. The van der Waals surface area contributed by atoms with Crippen LogP contribution in [0.5, 0.6) is 0 Å². The minimum atomic E-state index is -4.60. The van der Waals surface area contributed by atoms with E-state index in [9.17, 15) is 27.6 Å². The summed E-state index contributed by atoms with van der Waals surface area (Å²) in [7, 11) is 0. The lowest BCUT2D eigenvalue weighted by atomic mass is 10.1. The van der Waals surface area contributed by atoms with E-state index in [0.29, 0.717) is 23.0 Å². The van der Waals surface area contributed by atoms with Crippen molar-refractivity contribution in [1.82, 2.24) is 24.5 Å². The third kappa shape index (κ3) is 9.94. The van der Waals surface area contributed by atoms with Gasteiger partial charge in [0.15, 0.2) is 0 Å². The van der Waals surface area contributed by atoms with Gasteiger partial charge in [-0.1, -0.05) is 6.07 Å². The van der Waals surface area contributed by atoms with Crippen molar-refractivity contribution >= 4 is 35.2 Å². The van der Waals surface area contributed by atoms with E-state index in [1.54, 1.807) is 62.0 Å². The van der Waals surface area contributed by atoms with Gasteiger partial charge in [-0.2, -0.15) is 13.2 Å². The second-order valence-electron chi connectivity index (χ2n) is 10.4. The number of pyridine rings is 1. The molecule has 5 aromatic rings. The summed E-state index contributed by atoms with van der Waals surface area (Å²) in [4.78, 5) is 49.6. The zero-order chi connectivity index (χ0) is 34.8. The van der Waals surface area contributed by atoms with Crippen molar-refractivity contribution in [1.29, 1.82) is 0 Å². The fraction of sp³-hybridized carbons (Fsp3) is 0.182. The van der Waals surface area contributed by atoms with Gasteiger partial charge in [0.2, 0.25) is 5.95 Å². The Hall–Kier alpha value is -6.12. The minimum Gasteiger partial charge on any atom is -0.481 e. The molecule has 0 aliphatic heterocycles. The number of hydrogen-bond donors (Lipinski definition) is 4. The first-order valence-electron chi connectivity index (χ1n) is 14.4. The number of nitrogens with zero attached hydrogens (tertiary/aromatic N) is 5. The molecule has 0 aliphatic rings. The van der Waals surface area contributed by atoms with E-state index >= 15 is 0 Å². The minimum absolute atomic E-state index is 0.00114. The Morgan fingerprint density at radius 1 is 0.917 bits per heavy atom. The normalized spacial score (nSPS) is 10.9. The molecule has 248 valence electrons. The molecule has 0 bridgehead atoms. The van der Waals surface area contributed by atoms with Gasteiger partial charge in [0.1, 0.15) is 0 Å². The van der Waals surface area contributed by atoms with Gasteiger partial charge < -0.3 is 25.4 Å². The SMILES string of the molecule is Cc1cn(-c2cc(NC(=O)c3ccc(C)c(Nc4nccc(-c5cccnc5)n4)c3)cc(C(F)(F)F)c2)cn1.O=C(O)CCCC(=O)O. The molecule has 48 heavy (non-hydrogen) atoms. The molecule has 4 N–H and O–H groups in total. The molecule has 0 saturated carbocycles. The summed E-state index contributed by atoms with van der Waals surface area (Å²) < 4.78 is 42.3. The lowest BCUT2D eigenvalue weighted by Gasteiger charge is -2.14. The number of alkyl halides is 3. The summed E-state index contributed by atoms with van der Waals surface area (Å²) >= 11 is 0. The Labute approximate surface area is 272 Å². The van der Waals surface area contributed by atoms with Crippen molar-refractivity contribution < 1.29 is 37.8 Å². The Bertz CT molecular complexity index is 1900. The number of anilines is 3. The zero-order valence-electron chi connectivity index (χ0n) is 25.7. The van der Waals surface area contributed by atoms with Crippen LogP contribution < -0.4 is 10.6 Å².